The van der Waals surface area contributed by atoms with Crippen molar-refractivity contribution in [3.8, 4) is 0 Å². The number of carbonyl (C=O) groups is 3. The number of para-hydroxylation sites is 1. The number of nitrogens with zero attached hydrogens (tertiary/aromatic N) is 2. The predicted octanol–water partition coefficient (Wildman–Crippen LogP) is 4.24. The molecule has 1 fully saturated rings. The zero-order valence-electron chi connectivity index (χ0n) is 19.2. The number of aromatic nitrogens is 1. The maximum Gasteiger partial charge on any atom is 0.261 e. The van der Waals surface area contributed by atoms with Crippen LogP contribution in [0.25, 0.3) is 0 Å². The van der Waals surface area contributed by atoms with Crippen molar-refractivity contribution in [3.63, 3.8) is 0 Å². The van der Waals surface area contributed by atoms with Gasteiger partial charge in [-0.05, 0) is 54.1 Å². The zero-order chi connectivity index (χ0) is 24.6. The lowest BCUT2D eigenvalue weighted by molar-refractivity contribution is -0.127. The summed E-state index contributed by atoms with van der Waals surface area (Å²) in [6.07, 6.45) is 7.95. The van der Waals surface area contributed by atoms with Crippen molar-refractivity contribution in [2.75, 3.05) is 11.4 Å². The van der Waals surface area contributed by atoms with Gasteiger partial charge in [0.05, 0.1) is 17.1 Å². The topological polar surface area (TPSA) is 91.4 Å². The van der Waals surface area contributed by atoms with Crippen LogP contribution >= 0.6 is 11.3 Å². The Balaban J connectivity index is 1.67. The molecule has 9 heteroatoms. The van der Waals surface area contributed by atoms with E-state index in [1.807, 2.05) is 0 Å². The Morgan fingerprint density at radius 1 is 1.03 bits per heavy atom. The van der Waals surface area contributed by atoms with Gasteiger partial charge >= 0.3 is 0 Å². The number of thiophene rings is 1. The van der Waals surface area contributed by atoms with E-state index in [0.717, 1.165) is 37.0 Å². The van der Waals surface area contributed by atoms with Gasteiger partial charge in [-0.3, -0.25) is 24.3 Å². The molecule has 0 radical (unpaired) electrons. The van der Waals surface area contributed by atoms with Gasteiger partial charge in [-0.1, -0.05) is 37.5 Å². The van der Waals surface area contributed by atoms with E-state index in [-0.39, 0.29) is 11.7 Å². The molecular formula is C26H27FN4O3S. The van der Waals surface area contributed by atoms with Gasteiger partial charge in [0.2, 0.25) is 11.8 Å². The Labute approximate surface area is 207 Å². The van der Waals surface area contributed by atoms with Crippen LogP contribution in [0.4, 0.5) is 10.1 Å². The summed E-state index contributed by atoms with van der Waals surface area (Å²) in [4.78, 5) is 45.2. The molecule has 1 aliphatic rings. The van der Waals surface area contributed by atoms with Gasteiger partial charge < -0.3 is 10.6 Å². The van der Waals surface area contributed by atoms with Gasteiger partial charge in [0.15, 0.2) is 0 Å². The van der Waals surface area contributed by atoms with E-state index in [0.29, 0.717) is 10.4 Å². The number of hydrogen-bond acceptors (Lipinski definition) is 5. The van der Waals surface area contributed by atoms with Crippen molar-refractivity contribution in [2.24, 2.45) is 0 Å². The molecule has 4 rings (SSSR count). The molecule has 1 unspecified atom stereocenters. The second-order valence-corrected chi connectivity index (χ2v) is 9.35. The van der Waals surface area contributed by atoms with E-state index in [1.165, 1.54) is 41.9 Å². The first-order valence-electron chi connectivity index (χ1n) is 11.6. The molecule has 3 amide bonds. The molecule has 2 N–H and O–H groups in total. The van der Waals surface area contributed by atoms with Crippen LogP contribution in [0.15, 0.2) is 66.3 Å². The summed E-state index contributed by atoms with van der Waals surface area (Å²) in [6.45, 7) is -0.399. The summed E-state index contributed by atoms with van der Waals surface area (Å²) in [6, 6.07) is 11.3. The second-order valence-electron chi connectivity index (χ2n) is 8.40. The molecule has 3 aromatic rings. The molecule has 0 aliphatic heterocycles. The van der Waals surface area contributed by atoms with Gasteiger partial charge in [0.1, 0.15) is 11.9 Å². The maximum atomic E-state index is 15.0. The number of benzene rings is 1. The van der Waals surface area contributed by atoms with E-state index >= 15 is 0 Å². The highest BCUT2D eigenvalue weighted by Gasteiger charge is 2.35. The van der Waals surface area contributed by atoms with Crippen LogP contribution in [0, 0.1) is 5.82 Å². The molecule has 1 aromatic carbocycles. The number of halogens is 1. The number of amides is 3. The molecule has 0 spiro atoms. The minimum atomic E-state index is -1.14. The van der Waals surface area contributed by atoms with E-state index in [9.17, 15) is 18.8 Å². The predicted molar refractivity (Wildman–Crippen MR) is 133 cm³/mol. The van der Waals surface area contributed by atoms with E-state index in [2.05, 4.69) is 15.6 Å². The Hall–Kier alpha value is -3.59. The summed E-state index contributed by atoms with van der Waals surface area (Å²) >= 11 is 1.25. The molecular weight excluding hydrogens is 467 g/mol. The number of nitrogens with one attached hydrogen (secondary N) is 2. The monoisotopic (exact) mass is 494 g/mol. The van der Waals surface area contributed by atoms with Crippen LogP contribution in [0.1, 0.15) is 53.4 Å². The zero-order valence-corrected chi connectivity index (χ0v) is 20.0. The highest BCUT2D eigenvalue weighted by Crippen LogP contribution is 2.30. The minimum absolute atomic E-state index is 0.00306. The lowest BCUT2D eigenvalue weighted by Crippen LogP contribution is -2.50. The van der Waals surface area contributed by atoms with Gasteiger partial charge in [0.25, 0.3) is 5.91 Å². The number of anilines is 1. The molecule has 1 saturated carbocycles. The fourth-order valence-electron chi connectivity index (χ4n) is 4.29. The standard InChI is InChI=1S/C26H27FN4O3S/c27-20-9-4-5-10-21(20)31(23(32)17-29-25(33)22-11-6-16-35-22)24(18-12-14-28-15-13-18)26(34)30-19-7-2-1-3-8-19/h4-6,9-16,19,24H,1-3,7-8,17H2,(H,29,33)(H,30,34). The lowest BCUT2D eigenvalue weighted by Gasteiger charge is -2.33. The van der Waals surface area contributed by atoms with Crippen molar-refractivity contribution in [1.29, 1.82) is 0 Å². The molecule has 35 heavy (non-hydrogen) atoms. The second kappa shape index (κ2) is 11.7. The highest BCUT2D eigenvalue weighted by molar-refractivity contribution is 7.12. The maximum absolute atomic E-state index is 15.0. The fourth-order valence-corrected chi connectivity index (χ4v) is 4.93. The Morgan fingerprint density at radius 3 is 2.46 bits per heavy atom. The van der Waals surface area contributed by atoms with Gasteiger partial charge in [-0.15, -0.1) is 11.3 Å². The van der Waals surface area contributed by atoms with Gasteiger partial charge in [0, 0.05) is 18.4 Å². The number of rotatable bonds is 8. The molecule has 0 saturated heterocycles. The van der Waals surface area contributed by atoms with Crippen LogP contribution in [-0.2, 0) is 9.59 Å². The largest absolute Gasteiger partial charge is 0.351 e. The lowest BCUT2D eigenvalue weighted by atomic mass is 9.94. The number of carbonyl (C=O) groups excluding carboxylic acids is 3. The van der Waals surface area contributed by atoms with Gasteiger partial charge in [-0.25, -0.2) is 4.39 Å². The van der Waals surface area contributed by atoms with Crippen LogP contribution in [0.5, 0.6) is 0 Å². The Bertz CT molecular complexity index is 1150. The van der Waals surface area contributed by atoms with Gasteiger partial charge in [-0.2, -0.15) is 0 Å². The quantitative estimate of drug-likeness (QED) is 0.490. The SMILES string of the molecule is O=C(NCC(=O)N(c1ccccc1F)C(C(=O)NC1CCCCC1)c1ccncc1)c1cccs1. The third kappa shape index (κ3) is 6.10. The van der Waals surface area contributed by atoms with E-state index in [1.54, 1.807) is 35.7 Å². The van der Waals surface area contributed by atoms with Crippen LogP contribution in [0.3, 0.4) is 0 Å². The average Bonchev–Trinajstić information content (AvgIpc) is 3.42. The first-order valence-corrected chi connectivity index (χ1v) is 12.5. The molecule has 7 nitrogen and oxygen atoms in total. The van der Waals surface area contributed by atoms with Crippen molar-refractivity contribution in [2.45, 2.75) is 44.2 Å². The van der Waals surface area contributed by atoms with Crippen molar-refractivity contribution in [1.82, 2.24) is 15.6 Å². The minimum Gasteiger partial charge on any atom is -0.351 e. The smallest absolute Gasteiger partial charge is 0.261 e. The van der Waals surface area contributed by atoms with E-state index in [4.69, 9.17) is 0 Å². The van der Waals surface area contributed by atoms with Crippen molar-refractivity contribution in [3.05, 3.63) is 82.6 Å². The van der Waals surface area contributed by atoms with E-state index < -0.39 is 36.1 Å². The summed E-state index contributed by atoms with van der Waals surface area (Å²) in [5.41, 5.74) is 0.456. The van der Waals surface area contributed by atoms with Crippen LogP contribution in [-0.4, -0.2) is 35.3 Å². The normalized spacial score (nSPS) is 14.7. The van der Waals surface area contributed by atoms with Crippen molar-refractivity contribution >= 4 is 34.7 Å². The number of pyridine rings is 1. The molecule has 2 heterocycles. The summed E-state index contributed by atoms with van der Waals surface area (Å²) in [7, 11) is 0. The van der Waals surface area contributed by atoms with Crippen LogP contribution < -0.4 is 15.5 Å². The Morgan fingerprint density at radius 2 is 1.77 bits per heavy atom. The van der Waals surface area contributed by atoms with Crippen LogP contribution in [0.2, 0.25) is 0 Å². The summed E-state index contributed by atoms with van der Waals surface area (Å²) < 4.78 is 15.0. The number of hydrogen-bond donors (Lipinski definition) is 2. The third-order valence-corrected chi connectivity index (χ3v) is 6.87. The Kier molecular flexibility index (Phi) is 8.20. The molecule has 182 valence electrons. The average molecular weight is 495 g/mol. The molecule has 1 aliphatic carbocycles. The fraction of sp³-hybridized carbons (Fsp3) is 0.308. The molecule has 0 bridgehead atoms. The molecule has 2 aromatic heterocycles. The summed E-state index contributed by atoms with van der Waals surface area (Å²) in [5.74, 6) is -2.06. The summed E-state index contributed by atoms with van der Waals surface area (Å²) in [5, 5.41) is 7.42. The third-order valence-electron chi connectivity index (χ3n) is 6.01. The highest BCUT2D eigenvalue weighted by atomic mass is 32.1. The van der Waals surface area contributed by atoms with Crippen molar-refractivity contribution < 1.29 is 18.8 Å². The molecule has 1 atom stereocenters. The first-order chi connectivity index (χ1) is 17.0. The first kappa shape index (κ1) is 24.5.